The van der Waals surface area contributed by atoms with Crippen LogP contribution >= 0.6 is 23.2 Å². The van der Waals surface area contributed by atoms with Crippen molar-refractivity contribution in [3.8, 4) is 0 Å². The van der Waals surface area contributed by atoms with E-state index in [2.05, 4.69) is 5.32 Å². The molecule has 31 heavy (non-hydrogen) atoms. The Bertz CT molecular complexity index is 1050. The number of benzene rings is 2. The maximum atomic E-state index is 13.3. The largest absolute Gasteiger partial charge is 0.355 e. The molecule has 0 spiro atoms. The van der Waals surface area contributed by atoms with Crippen molar-refractivity contribution in [2.24, 2.45) is 0 Å². The third kappa shape index (κ3) is 6.85. The quantitative estimate of drug-likeness (QED) is 0.589. The first-order valence-electron chi connectivity index (χ1n) is 9.58. The molecule has 2 rings (SSSR count). The van der Waals surface area contributed by atoms with Crippen LogP contribution < -0.4 is 9.62 Å². The van der Waals surface area contributed by atoms with E-state index in [0.29, 0.717) is 22.2 Å². The average Bonchev–Trinajstić information content (AvgIpc) is 2.70. The zero-order valence-electron chi connectivity index (χ0n) is 17.5. The molecule has 0 aliphatic rings. The molecule has 2 amide bonds. The molecule has 1 atom stereocenters. The Balaban J connectivity index is 2.40. The SMILES string of the molecule is CCNC(=O)C(C)N(Cc1ccccc1Cl)C(=O)CN(c1cccc(Cl)c1)S(C)(=O)=O. The Morgan fingerprint density at radius 1 is 1.10 bits per heavy atom. The molecule has 0 saturated carbocycles. The summed E-state index contributed by atoms with van der Waals surface area (Å²) in [6, 6.07) is 12.3. The van der Waals surface area contributed by atoms with E-state index in [-0.39, 0.29) is 18.1 Å². The van der Waals surface area contributed by atoms with Crippen molar-refractivity contribution in [2.45, 2.75) is 26.4 Å². The zero-order chi connectivity index (χ0) is 23.2. The second-order valence-electron chi connectivity index (χ2n) is 6.93. The van der Waals surface area contributed by atoms with E-state index in [1.165, 1.54) is 11.0 Å². The lowest BCUT2D eigenvalue weighted by molar-refractivity contribution is -0.139. The molecule has 0 radical (unpaired) electrons. The van der Waals surface area contributed by atoms with Crippen molar-refractivity contribution in [1.29, 1.82) is 0 Å². The predicted molar refractivity (Wildman–Crippen MR) is 124 cm³/mol. The monoisotopic (exact) mass is 485 g/mol. The van der Waals surface area contributed by atoms with Crippen LogP contribution in [0.25, 0.3) is 0 Å². The number of carbonyl (C=O) groups is 2. The standard InChI is InChI=1S/C21H25Cl2N3O4S/c1-4-24-21(28)15(2)25(13-16-8-5-6-11-19(16)23)20(27)14-26(31(3,29)30)18-10-7-9-17(22)12-18/h5-12,15H,4,13-14H2,1-3H3,(H,24,28). The number of hydrogen-bond acceptors (Lipinski definition) is 4. The molecule has 10 heteroatoms. The molecule has 0 heterocycles. The van der Waals surface area contributed by atoms with Crippen molar-refractivity contribution in [1.82, 2.24) is 10.2 Å². The van der Waals surface area contributed by atoms with Crippen molar-refractivity contribution in [3.63, 3.8) is 0 Å². The fourth-order valence-corrected chi connectivity index (χ4v) is 4.18. The molecule has 1 N–H and O–H groups in total. The summed E-state index contributed by atoms with van der Waals surface area (Å²) in [6.45, 7) is 3.31. The van der Waals surface area contributed by atoms with Gasteiger partial charge in [0.15, 0.2) is 0 Å². The fourth-order valence-electron chi connectivity index (χ4n) is 2.96. The summed E-state index contributed by atoms with van der Waals surface area (Å²) in [5.74, 6) is -0.902. The summed E-state index contributed by atoms with van der Waals surface area (Å²) in [6.07, 6.45) is 1.01. The van der Waals surface area contributed by atoms with Crippen LogP contribution in [0, 0.1) is 0 Å². The number of carbonyl (C=O) groups excluding carboxylic acids is 2. The van der Waals surface area contributed by atoms with Crippen LogP contribution in [0.4, 0.5) is 5.69 Å². The highest BCUT2D eigenvalue weighted by molar-refractivity contribution is 7.92. The van der Waals surface area contributed by atoms with Gasteiger partial charge in [0.25, 0.3) is 0 Å². The number of halogens is 2. The van der Waals surface area contributed by atoms with E-state index in [1.807, 2.05) is 0 Å². The Morgan fingerprint density at radius 2 is 1.77 bits per heavy atom. The predicted octanol–water partition coefficient (Wildman–Crippen LogP) is 3.31. The summed E-state index contributed by atoms with van der Waals surface area (Å²) in [5.41, 5.74) is 0.897. The van der Waals surface area contributed by atoms with Crippen LogP contribution in [0.2, 0.25) is 10.0 Å². The molecule has 0 aliphatic heterocycles. The minimum atomic E-state index is -3.80. The van der Waals surface area contributed by atoms with Gasteiger partial charge in [-0.1, -0.05) is 47.5 Å². The number of amides is 2. The second-order valence-corrected chi connectivity index (χ2v) is 9.68. The number of likely N-dealkylation sites (N-methyl/N-ethyl adjacent to an activating group) is 1. The average molecular weight is 486 g/mol. The van der Waals surface area contributed by atoms with Gasteiger partial charge in [-0.25, -0.2) is 8.42 Å². The number of nitrogens with one attached hydrogen (secondary N) is 1. The molecule has 0 aromatic heterocycles. The van der Waals surface area contributed by atoms with Crippen LogP contribution in [0.5, 0.6) is 0 Å². The lowest BCUT2D eigenvalue weighted by Gasteiger charge is -2.31. The molecular formula is C21H25Cl2N3O4S. The van der Waals surface area contributed by atoms with E-state index in [4.69, 9.17) is 23.2 Å². The summed E-state index contributed by atoms with van der Waals surface area (Å²) in [5, 5.41) is 3.47. The van der Waals surface area contributed by atoms with Gasteiger partial charge in [-0.3, -0.25) is 13.9 Å². The van der Waals surface area contributed by atoms with Gasteiger partial charge in [-0.15, -0.1) is 0 Å². The molecule has 168 valence electrons. The van der Waals surface area contributed by atoms with Crippen LogP contribution in [-0.4, -0.2) is 50.5 Å². The first kappa shape index (κ1) is 25.0. The van der Waals surface area contributed by atoms with Gasteiger partial charge in [-0.2, -0.15) is 0 Å². The minimum absolute atomic E-state index is 0.0456. The van der Waals surface area contributed by atoms with Crippen LogP contribution in [-0.2, 0) is 26.2 Å². The normalized spacial score (nSPS) is 12.2. The number of anilines is 1. The van der Waals surface area contributed by atoms with Crippen molar-refractivity contribution >= 4 is 50.7 Å². The Kier molecular flexibility index (Phi) is 8.73. The Hall–Kier alpha value is -2.29. The molecule has 0 bridgehead atoms. The van der Waals surface area contributed by atoms with Crippen molar-refractivity contribution in [3.05, 3.63) is 64.1 Å². The van der Waals surface area contributed by atoms with Gasteiger partial charge in [-0.05, 0) is 43.7 Å². The Labute approximate surface area is 193 Å². The lowest BCUT2D eigenvalue weighted by atomic mass is 10.1. The van der Waals surface area contributed by atoms with Gasteiger partial charge >= 0.3 is 0 Å². The lowest BCUT2D eigenvalue weighted by Crippen LogP contribution is -2.51. The second kappa shape index (κ2) is 10.8. The van der Waals surface area contributed by atoms with Gasteiger partial charge in [0.1, 0.15) is 12.6 Å². The third-order valence-corrected chi connectivity index (χ3v) is 6.34. The first-order valence-corrected chi connectivity index (χ1v) is 12.2. The summed E-state index contributed by atoms with van der Waals surface area (Å²) < 4.78 is 25.8. The number of sulfonamides is 1. The minimum Gasteiger partial charge on any atom is -0.355 e. The molecule has 0 aliphatic carbocycles. The van der Waals surface area contributed by atoms with Crippen LogP contribution in [0.15, 0.2) is 48.5 Å². The van der Waals surface area contributed by atoms with E-state index < -0.39 is 28.5 Å². The third-order valence-electron chi connectivity index (χ3n) is 4.59. The van der Waals surface area contributed by atoms with E-state index >= 15 is 0 Å². The molecule has 0 saturated heterocycles. The summed E-state index contributed by atoms with van der Waals surface area (Å²) in [4.78, 5) is 27.1. The van der Waals surface area contributed by atoms with Gasteiger partial charge in [0.05, 0.1) is 11.9 Å². The van der Waals surface area contributed by atoms with Gasteiger partial charge in [0.2, 0.25) is 21.8 Å². The number of hydrogen-bond donors (Lipinski definition) is 1. The summed E-state index contributed by atoms with van der Waals surface area (Å²) >= 11 is 12.3. The van der Waals surface area contributed by atoms with E-state index in [0.717, 1.165) is 10.6 Å². The highest BCUT2D eigenvalue weighted by Gasteiger charge is 2.30. The van der Waals surface area contributed by atoms with Crippen LogP contribution in [0.3, 0.4) is 0 Å². The Morgan fingerprint density at radius 3 is 2.35 bits per heavy atom. The maximum Gasteiger partial charge on any atom is 0.244 e. The molecule has 2 aromatic rings. The van der Waals surface area contributed by atoms with Crippen molar-refractivity contribution < 1.29 is 18.0 Å². The molecule has 7 nitrogen and oxygen atoms in total. The zero-order valence-corrected chi connectivity index (χ0v) is 19.8. The van der Waals surface area contributed by atoms with E-state index in [1.54, 1.807) is 56.3 Å². The summed E-state index contributed by atoms with van der Waals surface area (Å²) in [7, 11) is -3.80. The maximum absolute atomic E-state index is 13.3. The smallest absolute Gasteiger partial charge is 0.244 e. The van der Waals surface area contributed by atoms with Crippen molar-refractivity contribution in [2.75, 3.05) is 23.7 Å². The van der Waals surface area contributed by atoms with Gasteiger partial charge in [0, 0.05) is 23.1 Å². The molecular weight excluding hydrogens is 461 g/mol. The fraction of sp³-hybridized carbons (Fsp3) is 0.333. The highest BCUT2D eigenvalue weighted by atomic mass is 35.5. The molecule has 1 unspecified atom stereocenters. The number of rotatable bonds is 9. The molecule has 0 fully saturated rings. The number of nitrogens with zero attached hydrogens (tertiary/aromatic N) is 2. The molecule has 2 aromatic carbocycles. The first-order chi connectivity index (χ1) is 14.5. The van der Waals surface area contributed by atoms with Crippen LogP contribution in [0.1, 0.15) is 19.4 Å². The van der Waals surface area contributed by atoms with E-state index in [9.17, 15) is 18.0 Å². The highest BCUT2D eigenvalue weighted by Crippen LogP contribution is 2.23. The topological polar surface area (TPSA) is 86.8 Å². The van der Waals surface area contributed by atoms with Gasteiger partial charge < -0.3 is 10.2 Å².